The van der Waals surface area contributed by atoms with Crippen LogP contribution in [0.25, 0.3) is 0 Å². The summed E-state index contributed by atoms with van der Waals surface area (Å²) >= 11 is 0. The molecule has 1 rings (SSSR count). The van der Waals surface area contributed by atoms with Gasteiger partial charge in [-0.25, -0.2) is 0 Å². The van der Waals surface area contributed by atoms with E-state index in [9.17, 15) is 14.7 Å². The van der Waals surface area contributed by atoms with Crippen LogP contribution in [0.4, 0.5) is 0 Å². The van der Waals surface area contributed by atoms with Crippen molar-refractivity contribution >= 4 is 11.9 Å². The van der Waals surface area contributed by atoms with Gasteiger partial charge in [0, 0.05) is 17.5 Å². The molecule has 0 spiro atoms. The summed E-state index contributed by atoms with van der Waals surface area (Å²) in [4.78, 5) is 24.7. The van der Waals surface area contributed by atoms with E-state index in [1.165, 1.54) is 0 Å². The number of carboxylic acid groups (broad SMARTS) is 2. The van der Waals surface area contributed by atoms with Crippen molar-refractivity contribution in [1.29, 1.82) is 0 Å². The van der Waals surface area contributed by atoms with Gasteiger partial charge in [0.25, 0.3) is 0 Å². The maximum atomic E-state index is 11.4. The van der Waals surface area contributed by atoms with E-state index in [1.54, 1.807) is 6.92 Å². The Bertz CT molecular complexity index is 468. The molecule has 1 aliphatic rings. The Morgan fingerprint density at radius 2 is 1.50 bits per heavy atom. The summed E-state index contributed by atoms with van der Waals surface area (Å²) in [5.74, 6) is -1.10. The predicted molar refractivity (Wildman–Crippen MR) is 104 cm³/mol. The van der Waals surface area contributed by atoms with Crippen molar-refractivity contribution in [2.75, 3.05) is 7.05 Å². The lowest BCUT2D eigenvalue weighted by molar-refractivity contribution is -0.141. The lowest BCUT2D eigenvalue weighted by Crippen LogP contribution is -2.59. The third kappa shape index (κ3) is 6.57. The summed E-state index contributed by atoms with van der Waals surface area (Å²) in [7, 11) is 2.17. The van der Waals surface area contributed by atoms with Crippen molar-refractivity contribution in [3.63, 3.8) is 0 Å². The van der Waals surface area contributed by atoms with E-state index in [1.807, 2.05) is 0 Å². The third-order valence-corrected chi connectivity index (χ3v) is 6.58. The van der Waals surface area contributed by atoms with Crippen LogP contribution in [-0.4, -0.2) is 45.2 Å². The predicted octanol–water partition coefficient (Wildman–Crippen LogP) is 4.65. The molecule has 1 heterocycles. The number of unbranched alkanes of at least 4 members (excludes halogenated alkanes) is 2. The highest BCUT2D eigenvalue weighted by molar-refractivity contribution is 5.69. The molecule has 1 saturated heterocycles. The molecule has 0 aliphatic carbocycles. The first kappa shape index (κ1) is 22.9. The fraction of sp³-hybridized carbons (Fsp3) is 0.905. The van der Waals surface area contributed by atoms with Crippen LogP contribution in [0.1, 0.15) is 86.0 Å². The van der Waals surface area contributed by atoms with Crippen molar-refractivity contribution in [2.45, 2.75) is 97.1 Å². The van der Waals surface area contributed by atoms with Gasteiger partial charge in [0.1, 0.15) is 0 Å². The van der Waals surface area contributed by atoms with E-state index in [4.69, 9.17) is 5.11 Å². The van der Waals surface area contributed by atoms with Gasteiger partial charge in [0.15, 0.2) is 0 Å². The SMILES string of the molecule is CC(CCCCCC(CC(=O)O)C1CC(C)(C)N(C)C(C)(C)C1)C(=O)O. The molecule has 0 amide bonds. The second-order valence-electron chi connectivity index (χ2n) is 9.59. The Kier molecular flexibility index (Phi) is 8.12. The Morgan fingerprint density at radius 1 is 1.00 bits per heavy atom. The van der Waals surface area contributed by atoms with E-state index in [2.05, 4.69) is 39.6 Å². The minimum atomic E-state index is -0.732. The molecule has 5 nitrogen and oxygen atoms in total. The molecule has 152 valence electrons. The number of carboxylic acids is 2. The number of nitrogens with zero attached hydrogens (tertiary/aromatic N) is 1. The van der Waals surface area contributed by atoms with E-state index in [-0.39, 0.29) is 29.3 Å². The van der Waals surface area contributed by atoms with Gasteiger partial charge in [0.2, 0.25) is 0 Å². The van der Waals surface area contributed by atoms with Crippen molar-refractivity contribution in [3.8, 4) is 0 Å². The summed E-state index contributed by atoms with van der Waals surface area (Å²) in [6.07, 6.45) is 6.79. The van der Waals surface area contributed by atoms with Crippen molar-refractivity contribution in [1.82, 2.24) is 4.90 Å². The molecule has 26 heavy (non-hydrogen) atoms. The molecule has 2 N–H and O–H groups in total. The number of rotatable bonds is 10. The van der Waals surface area contributed by atoms with Crippen LogP contribution >= 0.6 is 0 Å². The van der Waals surface area contributed by atoms with Crippen LogP contribution in [0.5, 0.6) is 0 Å². The van der Waals surface area contributed by atoms with Gasteiger partial charge in [-0.3, -0.25) is 14.5 Å². The van der Waals surface area contributed by atoms with Gasteiger partial charge >= 0.3 is 11.9 Å². The van der Waals surface area contributed by atoms with Crippen LogP contribution in [0, 0.1) is 17.8 Å². The summed E-state index contributed by atoms with van der Waals surface area (Å²) in [5.41, 5.74) is 0.139. The van der Waals surface area contributed by atoms with Gasteiger partial charge in [-0.05, 0) is 72.3 Å². The first-order valence-electron chi connectivity index (χ1n) is 10.1. The molecular weight excluding hydrogens is 330 g/mol. The van der Waals surface area contributed by atoms with E-state index in [0.717, 1.165) is 38.5 Å². The topological polar surface area (TPSA) is 77.8 Å². The average Bonchev–Trinajstić information content (AvgIpc) is 2.49. The van der Waals surface area contributed by atoms with Crippen LogP contribution in [0.3, 0.4) is 0 Å². The lowest BCUT2D eigenvalue weighted by atomic mass is 9.67. The van der Waals surface area contributed by atoms with Crippen LogP contribution in [0.15, 0.2) is 0 Å². The van der Waals surface area contributed by atoms with Crippen molar-refractivity contribution in [3.05, 3.63) is 0 Å². The highest BCUT2D eigenvalue weighted by atomic mass is 16.4. The minimum Gasteiger partial charge on any atom is -0.481 e. The van der Waals surface area contributed by atoms with Gasteiger partial charge in [-0.1, -0.05) is 26.2 Å². The zero-order chi connectivity index (χ0) is 20.1. The van der Waals surface area contributed by atoms with Crippen molar-refractivity contribution < 1.29 is 19.8 Å². The van der Waals surface area contributed by atoms with Crippen LogP contribution in [0.2, 0.25) is 0 Å². The highest BCUT2D eigenvalue weighted by Gasteiger charge is 2.45. The van der Waals surface area contributed by atoms with Gasteiger partial charge in [-0.15, -0.1) is 0 Å². The maximum absolute atomic E-state index is 11.4. The van der Waals surface area contributed by atoms with Gasteiger partial charge in [0.05, 0.1) is 5.92 Å². The molecule has 0 bridgehead atoms. The first-order chi connectivity index (χ1) is 11.9. The smallest absolute Gasteiger partial charge is 0.306 e. The Balaban J connectivity index is 2.63. The summed E-state index contributed by atoms with van der Waals surface area (Å²) in [6, 6.07) is 0. The summed E-state index contributed by atoms with van der Waals surface area (Å²) in [6.45, 7) is 10.8. The second kappa shape index (κ2) is 9.20. The fourth-order valence-corrected chi connectivity index (χ4v) is 4.67. The Labute approximate surface area is 159 Å². The molecule has 0 radical (unpaired) electrons. The average molecular weight is 370 g/mol. The van der Waals surface area contributed by atoms with Crippen LogP contribution < -0.4 is 0 Å². The number of piperidine rings is 1. The number of carbonyl (C=O) groups is 2. The molecule has 0 saturated carbocycles. The molecule has 1 aliphatic heterocycles. The molecule has 5 heteroatoms. The number of aliphatic carboxylic acids is 2. The summed E-state index contributed by atoms with van der Waals surface area (Å²) < 4.78 is 0. The molecule has 0 aromatic rings. The molecule has 2 unspecified atom stereocenters. The number of likely N-dealkylation sites (tertiary alicyclic amines) is 1. The Morgan fingerprint density at radius 3 is 1.96 bits per heavy atom. The quantitative estimate of drug-likeness (QED) is 0.548. The van der Waals surface area contributed by atoms with Crippen molar-refractivity contribution in [2.24, 2.45) is 17.8 Å². The zero-order valence-corrected chi connectivity index (χ0v) is 17.5. The van der Waals surface area contributed by atoms with E-state index < -0.39 is 11.9 Å². The molecule has 2 atom stereocenters. The van der Waals surface area contributed by atoms with Crippen LogP contribution in [-0.2, 0) is 9.59 Å². The monoisotopic (exact) mass is 369 g/mol. The molecule has 0 aromatic heterocycles. The normalized spacial score (nSPS) is 22.7. The summed E-state index contributed by atoms with van der Waals surface area (Å²) in [5, 5.41) is 18.3. The second-order valence-corrected chi connectivity index (χ2v) is 9.59. The molecule has 1 fully saturated rings. The van der Waals surface area contributed by atoms with Gasteiger partial charge < -0.3 is 10.2 Å². The number of hydrogen-bond acceptors (Lipinski definition) is 3. The Hall–Kier alpha value is -1.10. The largest absolute Gasteiger partial charge is 0.481 e. The highest BCUT2D eigenvalue weighted by Crippen LogP contribution is 2.44. The first-order valence-corrected chi connectivity index (χ1v) is 10.1. The van der Waals surface area contributed by atoms with E-state index >= 15 is 0 Å². The maximum Gasteiger partial charge on any atom is 0.306 e. The van der Waals surface area contributed by atoms with E-state index in [0.29, 0.717) is 12.3 Å². The standard InChI is InChI=1S/C21H39NO4/c1-15(19(25)26)10-8-7-9-11-16(12-18(23)24)17-13-20(2,3)22(6)21(4,5)14-17/h15-17H,7-14H2,1-6H3,(H,23,24)(H,25,26). The third-order valence-electron chi connectivity index (χ3n) is 6.58. The zero-order valence-electron chi connectivity index (χ0n) is 17.5. The minimum absolute atomic E-state index is 0.0695. The fourth-order valence-electron chi connectivity index (χ4n) is 4.67. The number of hydrogen-bond donors (Lipinski definition) is 2. The lowest BCUT2D eigenvalue weighted by Gasteiger charge is -2.55. The molecule has 0 aromatic carbocycles. The molecular formula is C21H39NO4. The van der Waals surface area contributed by atoms with Gasteiger partial charge in [-0.2, -0.15) is 0 Å².